The van der Waals surface area contributed by atoms with E-state index in [1.54, 1.807) is 30.5 Å². The molecule has 4 nitrogen and oxygen atoms in total. The van der Waals surface area contributed by atoms with E-state index in [0.717, 1.165) is 21.8 Å². The number of rotatable bonds is 5. The number of guanidine groups is 1. The maximum atomic E-state index is 12.9. The number of benzene rings is 2. The first kappa shape index (κ1) is 17.1. The van der Waals surface area contributed by atoms with Crippen LogP contribution in [0.3, 0.4) is 0 Å². The van der Waals surface area contributed by atoms with E-state index in [-0.39, 0.29) is 5.82 Å². The van der Waals surface area contributed by atoms with Crippen LogP contribution in [0.2, 0.25) is 0 Å². The highest BCUT2D eigenvalue weighted by atomic mass is 32.1. The molecule has 1 aromatic heterocycles. The summed E-state index contributed by atoms with van der Waals surface area (Å²) in [7, 11) is 1.72. The molecular formula is C19H19FN4S. The van der Waals surface area contributed by atoms with Crippen molar-refractivity contribution in [2.75, 3.05) is 7.05 Å². The van der Waals surface area contributed by atoms with Gasteiger partial charge in [0.2, 0.25) is 0 Å². The number of hydrogen-bond donors (Lipinski definition) is 2. The molecule has 0 saturated carbocycles. The van der Waals surface area contributed by atoms with E-state index >= 15 is 0 Å². The zero-order valence-electron chi connectivity index (χ0n) is 13.9. The highest BCUT2D eigenvalue weighted by Crippen LogP contribution is 2.21. The first-order chi connectivity index (χ1) is 12.2. The van der Waals surface area contributed by atoms with Crippen molar-refractivity contribution in [3.63, 3.8) is 0 Å². The lowest BCUT2D eigenvalue weighted by molar-refractivity contribution is 0.626. The van der Waals surface area contributed by atoms with Gasteiger partial charge in [0.25, 0.3) is 0 Å². The van der Waals surface area contributed by atoms with Crippen LogP contribution in [0.15, 0.2) is 65.0 Å². The molecule has 0 radical (unpaired) electrons. The molecule has 0 aliphatic carbocycles. The highest BCUT2D eigenvalue weighted by Gasteiger charge is 2.05. The zero-order chi connectivity index (χ0) is 17.5. The van der Waals surface area contributed by atoms with Crippen molar-refractivity contribution in [2.45, 2.75) is 13.1 Å². The second kappa shape index (κ2) is 8.39. The third-order valence-electron chi connectivity index (χ3n) is 3.63. The topological polar surface area (TPSA) is 49.3 Å². The number of nitrogens with one attached hydrogen (secondary N) is 2. The van der Waals surface area contributed by atoms with Gasteiger partial charge < -0.3 is 10.6 Å². The fourth-order valence-corrected chi connectivity index (χ4v) is 3.04. The molecule has 0 fully saturated rings. The first-order valence-corrected chi connectivity index (χ1v) is 8.81. The van der Waals surface area contributed by atoms with Gasteiger partial charge in [-0.2, -0.15) is 0 Å². The SMILES string of the molecule is CN=C(NCc1ccc(F)cc1)NCc1nc(-c2ccccc2)cs1. The lowest BCUT2D eigenvalue weighted by atomic mass is 10.2. The summed E-state index contributed by atoms with van der Waals surface area (Å²) < 4.78 is 12.9. The van der Waals surface area contributed by atoms with Crippen LogP contribution in [-0.2, 0) is 13.1 Å². The van der Waals surface area contributed by atoms with Crippen molar-refractivity contribution in [1.29, 1.82) is 0 Å². The molecule has 0 aliphatic rings. The predicted molar refractivity (Wildman–Crippen MR) is 101 cm³/mol. The Bertz CT molecular complexity index is 828. The second-order valence-electron chi connectivity index (χ2n) is 5.40. The number of aliphatic imine (C=N–C) groups is 1. The summed E-state index contributed by atoms with van der Waals surface area (Å²) in [5.41, 5.74) is 3.09. The van der Waals surface area contributed by atoms with Crippen LogP contribution in [0.25, 0.3) is 11.3 Å². The van der Waals surface area contributed by atoms with Gasteiger partial charge in [-0.3, -0.25) is 4.99 Å². The summed E-state index contributed by atoms with van der Waals surface area (Å²) in [6, 6.07) is 16.5. The minimum Gasteiger partial charge on any atom is -0.352 e. The molecule has 0 spiro atoms. The average molecular weight is 354 g/mol. The Morgan fingerprint density at radius 2 is 1.76 bits per heavy atom. The molecule has 25 heavy (non-hydrogen) atoms. The van der Waals surface area contributed by atoms with Gasteiger partial charge in [-0.25, -0.2) is 9.37 Å². The molecule has 0 atom stereocenters. The fourth-order valence-electron chi connectivity index (χ4n) is 2.30. The molecular weight excluding hydrogens is 335 g/mol. The van der Waals surface area contributed by atoms with Crippen LogP contribution in [-0.4, -0.2) is 18.0 Å². The fraction of sp³-hybridized carbons (Fsp3) is 0.158. The molecule has 6 heteroatoms. The standard InChI is InChI=1S/C19H19FN4S/c1-21-19(22-11-14-7-9-16(20)10-8-14)23-12-18-24-17(13-25-18)15-5-3-2-4-6-15/h2-10,13H,11-12H2,1H3,(H2,21,22,23). The predicted octanol–water partition coefficient (Wildman–Crippen LogP) is 3.81. The minimum atomic E-state index is -0.232. The van der Waals surface area contributed by atoms with Crippen LogP contribution in [0.1, 0.15) is 10.6 Å². The molecule has 0 saturated heterocycles. The van der Waals surface area contributed by atoms with E-state index < -0.39 is 0 Å². The van der Waals surface area contributed by atoms with Gasteiger partial charge in [0.15, 0.2) is 5.96 Å². The van der Waals surface area contributed by atoms with E-state index in [2.05, 4.69) is 38.1 Å². The van der Waals surface area contributed by atoms with E-state index in [9.17, 15) is 4.39 Å². The smallest absolute Gasteiger partial charge is 0.191 e. The molecule has 3 aromatic rings. The van der Waals surface area contributed by atoms with Crippen molar-refractivity contribution in [3.8, 4) is 11.3 Å². The molecule has 1 heterocycles. The zero-order valence-corrected chi connectivity index (χ0v) is 14.7. The number of halogens is 1. The number of thiazole rings is 1. The Hall–Kier alpha value is -2.73. The van der Waals surface area contributed by atoms with Gasteiger partial charge in [0.1, 0.15) is 10.8 Å². The first-order valence-electron chi connectivity index (χ1n) is 7.93. The third-order valence-corrected chi connectivity index (χ3v) is 4.47. The summed E-state index contributed by atoms with van der Waals surface area (Å²) in [4.78, 5) is 8.84. The maximum absolute atomic E-state index is 12.9. The Kier molecular flexibility index (Phi) is 5.74. The van der Waals surface area contributed by atoms with Gasteiger partial charge in [0.05, 0.1) is 12.2 Å². The number of hydrogen-bond acceptors (Lipinski definition) is 3. The summed E-state index contributed by atoms with van der Waals surface area (Å²) >= 11 is 1.61. The van der Waals surface area contributed by atoms with E-state index in [1.165, 1.54) is 12.1 Å². The van der Waals surface area contributed by atoms with E-state index in [1.807, 2.05) is 18.2 Å². The largest absolute Gasteiger partial charge is 0.352 e. The Balaban J connectivity index is 1.53. The monoisotopic (exact) mass is 354 g/mol. The quantitative estimate of drug-likeness (QED) is 0.541. The highest BCUT2D eigenvalue weighted by molar-refractivity contribution is 7.09. The van der Waals surface area contributed by atoms with Crippen molar-refractivity contribution >= 4 is 17.3 Å². The van der Waals surface area contributed by atoms with Gasteiger partial charge in [-0.15, -0.1) is 11.3 Å². The van der Waals surface area contributed by atoms with Crippen LogP contribution in [0.5, 0.6) is 0 Å². The summed E-state index contributed by atoms with van der Waals surface area (Å²) in [6.07, 6.45) is 0. The van der Waals surface area contributed by atoms with Crippen molar-refractivity contribution in [2.24, 2.45) is 4.99 Å². The van der Waals surface area contributed by atoms with Crippen LogP contribution < -0.4 is 10.6 Å². The Labute approximate surface area is 150 Å². The van der Waals surface area contributed by atoms with Crippen LogP contribution in [0, 0.1) is 5.82 Å². The molecule has 128 valence electrons. The van der Waals surface area contributed by atoms with Gasteiger partial charge in [-0.05, 0) is 17.7 Å². The van der Waals surface area contributed by atoms with Gasteiger partial charge >= 0.3 is 0 Å². The van der Waals surface area contributed by atoms with Crippen molar-refractivity contribution in [3.05, 3.63) is 76.4 Å². The van der Waals surface area contributed by atoms with E-state index in [4.69, 9.17) is 0 Å². The number of aromatic nitrogens is 1. The number of nitrogens with zero attached hydrogens (tertiary/aromatic N) is 2. The summed E-state index contributed by atoms with van der Waals surface area (Å²) in [5, 5.41) is 9.50. The molecule has 2 aromatic carbocycles. The molecule has 0 aliphatic heterocycles. The molecule has 0 amide bonds. The minimum absolute atomic E-state index is 0.232. The molecule has 0 bridgehead atoms. The lowest BCUT2D eigenvalue weighted by Crippen LogP contribution is -2.36. The summed E-state index contributed by atoms with van der Waals surface area (Å²) in [6.45, 7) is 1.17. The normalized spacial score (nSPS) is 11.4. The van der Waals surface area contributed by atoms with Crippen LogP contribution in [0.4, 0.5) is 4.39 Å². The summed E-state index contributed by atoms with van der Waals surface area (Å²) in [5.74, 6) is 0.449. The molecule has 3 rings (SSSR count). The third kappa shape index (κ3) is 4.87. The van der Waals surface area contributed by atoms with E-state index in [0.29, 0.717) is 19.0 Å². The van der Waals surface area contributed by atoms with Gasteiger partial charge in [-0.1, -0.05) is 42.5 Å². The van der Waals surface area contributed by atoms with Crippen molar-refractivity contribution in [1.82, 2.24) is 15.6 Å². The second-order valence-corrected chi connectivity index (χ2v) is 6.34. The molecule has 0 unspecified atom stereocenters. The van der Waals surface area contributed by atoms with Gasteiger partial charge in [0, 0.05) is 24.5 Å². The Morgan fingerprint density at radius 1 is 1.04 bits per heavy atom. The lowest BCUT2D eigenvalue weighted by Gasteiger charge is -2.10. The maximum Gasteiger partial charge on any atom is 0.191 e. The molecule has 2 N–H and O–H groups in total. The van der Waals surface area contributed by atoms with Crippen LogP contribution >= 0.6 is 11.3 Å². The Morgan fingerprint density at radius 3 is 2.48 bits per heavy atom. The average Bonchev–Trinajstić information content (AvgIpc) is 3.13. The van der Waals surface area contributed by atoms with Crippen molar-refractivity contribution < 1.29 is 4.39 Å².